The highest BCUT2D eigenvalue weighted by atomic mass is 79.9. The van der Waals surface area contributed by atoms with Crippen LogP contribution in [0, 0.1) is 17.8 Å². The van der Waals surface area contributed by atoms with Gasteiger partial charge < -0.3 is 65.9 Å². The molecule has 3 atom stereocenters. The SMILES string of the molecule is C.CBr.CN1CCC(O)CC1.CN1CCC(OC(=O)C(O)(c2ccccc2)C2CCCC2)CC1.COC(=O)C(O)(c1ccccc1)C1CCCC1.C[N+]1(C)CCC(OC(=O)C(O)(c2ccccc2)C2CCCC2)CC1.[Br-]. The molecule has 9 rings (SSSR count). The van der Waals surface area contributed by atoms with Crippen molar-refractivity contribution in [3.63, 3.8) is 0 Å². The summed E-state index contributed by atoms with van der Waals surface area (Å²) in [6, 6.07) is 27.8. The van der Waals surface area contributed by atoms with Gasteiger partial charge in [0, 0.05) is 56.8 Å². The third-order valence-corrected chi connectivity index (χ3v) is 16.6. The van der Waals surface area contributed by atoms with Gasteiger partial charge >= 0.3 is 17.9 Å². The first-order valence-electron chi connectivity index (χ1n) is 27.6. The Labute approximate surface area is 475 Å². The lowest BCUT2D eigenvalue weighted by atomic mass is 9.80. The second kappa shape index (κ2) is 32.7. The van der Waals surface area contributed by atoms with Gasteiger partial charge in [-0.2, -0.15) is 0 Å². The Balaban J connectivity index is 0.000000275. The predicted octanol–water partition coefficient (Wildman–Crippen LogP) is 6.51. The maximum absolute atomic E-state index is 13.0. The molecule has 13 nitrogen and oxygen atoms in total. The molecule has 428 valence electrons. The predicted molar refractivity (Wildman–Crippen MR) is 301 cm³/mol. The van der Waals surface area contributed by atoms with Gasteiger partial charge in [0.25, 0.3) is 0 Å². The van der Waals surface area contributed by atoms with E-state index in [0.717, 1.165) is 159 Å². The second-order valence-electron chi connectivity index (χ2n) is 22.3. The van der Waals surface area contributed by atoms with Gasteiger partial charge in [0.05, 0.1) is 40.4 Å². The number of methoxy groups -OCH3 is 1. The summed E-state index contributed by atoms with van der Waals surface area (Å²) in [6.07, 6.45) is 16.9. The summed E-state index contributed by atoms with van der Waals surface area (Å²) in [5, 5.41) is 42.5. The molecular formula is C61H95Br2N3O10. The number of carbonyl (C=O) groups is 3. The first-order valence-corrected chi connectivity index (χ1v) is 29.2. The van der Waals surface area contributed by atoms with Crippen molar-refractivity contribution in [1.29, 1.82) is 0 Å². The molecule has 6 aliphatic rings. The Kier molecular flexibility index (Phi) is 28.9. The maximum atomic E-state index is 13.0. The summed E-state index contributed by atoms with van der Waals surface area (Å²) in [7, 11) is 9.90. The number of aliphatic hydroxyl groups is 4. The molecule has 0 radical (unpaired) electrons. The maximum Gasteiger partial charge on any atom is 0.343 e. The number of ether oxygens (including phenoxy) is 3. The zero-order valence-corrected chi connectivity index (χ0v) is 49.1. The lowest BCUT2D eigenvalue weighted by molar-refractivity contribution is -0.896. The number of likely N-dealkylation sites (tertiary alicyclic amines) is 3. The summed E-state index contributed by atoms with van der Waals surface area (Å²) in [5.41, 5.74) is -2.50. The number of carbonyl (C=O) groups excluding carboxylic acids is 3. The number of quaternary nitrogens is 1. The summed E-state index contributed by atoms with van der Waals surface area (Å²) >= 11 is 2.94. The van der Waals surface area contributed by atoms with Crippen molar-refractivity contribution in [2.24, 2.45) is 17.8 Å². The largest absolute Gasteiger partial charge is 1.00 e. The average molecular weight is 1190 g/mol. The van der Waals surface area contributed by atoms with Crippen molar-refractivity contribution < 1.29 is 70.5 Å². The molecule has 3 aromatic carbocycles. The Bertz CT molecular complexity index is 2070. The number of halogens is 2. The zero-order valence-electron chi connectivity index (χ0n) is 45.9. The van der Waals surface area contributed by atoms with Crippen molar-refractivity contribution in [3.8, 4) is 0 Å². The topological polar surface area (TPSA) is 166 Å². The number of esters is 3. The molecule has 76 heavy (non-hydrogen) atoms. The zero-order chi connectivity index (χ0) is 53.8. The molecule has 6 fully saturated rings. The summed E-state index contributed by atoms with van der Waals surface area (Å²) < 4.78 is 17.3. The number of nitrogens with zero attached hydrogens (tertiary/aromatic N) is 3. The van der Waals surface area contributed by atoms with E-state index in [1.54, 1.807) is 12.1 Å². The Morgan fingerprint density at radius 3 is 1.07 bits per heavy atom. The molecule has 3 heterocycles. The molecule has 3 aliphatic carbocycles. The van der Waals surface area contributed by atoms with Crippen LogP contribution in [0.3, 0.4) is 0 Å². The van der Waals surface area contributed by atoms with Crippen LogP contribution in [0.15, 0.2) is 91.0 Å². The van der Waals surface area contributed by atoms with Gasteiger partial charge in [-0.05, 0) is 101 Å². The van der Waals surface area contributed by atoms with E-state index in [0.29, 0.717) is 16.7 Å². The molecule has 0 spiro atoms. The van der Waals surface area contributed by atoms with Gasteiger partial charge in [0.2, 0.25) is 0 Å². The van der Waals surface area contributed by atoms with Gasteiger partial charge in [-0.15, -0.1) is 0 Å². The van der Waals surface area contributed by atoms with E-state index in [-0.39, 0.29) is 60.5 Å². The van der Waals surface area contributed by atoms with E-state index < -0.39 is 34.7 Å². The van der Waals surface area contributed by atoms with E-state index in [4.69, 9.17) is 19.3 Å². The molecule has 3 aromatic rings. The van der Waals surface area contributed by atoms with Crippen molar-refractivity contribution in [2.75, 3.05) is 80.4 Å². The van der Waals surface area contributed by atoms with Crippen LogP contribution in [0.4, 0.5) is 0 Å². The number of hydrogen-bond acceptors (Lipinski definition) is 12. The first-order chi connectivity index (χ1) is 35.5. The smallest absolute Gasteiger partial charge is 0.343 e. The third-order valence-electron chi connectivity index (χ3n) is 16.6. The van der Waals surface area contributed by atoms with Gasteiger partial charge in [-0.3, -0.25) is 0 Å². The molecule has 3 saturated carbocycles. The number of piperidine rings is 3. The highest BCUT2D eigenvalue weighted by Gasteiger charge is 2.51. The highest BCUT2D eigenvalue weighted by Crippen LogP contribution is 2.44. The first kappa shape index (κ1) is 67.0. The molecule has 3 aliphatic heterocycles. The fourth-order valence-corrected chi connectivity index (χ4v) is 11.8. The fourth-order valence-electron chi connectivity index (χ4n) is 11.8. The van der Waals surface area contributed by atoms with Crippen molar-refractivity contribution >= 4 is 33.8 Å². The quantitative estimate of drug-likeness (QED) is 0.0714. The molecule has 3 saturated heterocycles. The van der Waals surface area contributed by atoms with Crippen molar-refractivity contribution in [1.82, 2.24) is 9.80 Å². The third kappa shape index (κ3) is 18.1. The molecule has 0 amide bonds. The van der Waals surface area contributed by atoms with Gasteiger partial charge in [-0.1, -0.05) is 153 Å². The Morgan fingerprint density at radius 2 is 0.776 bits per heavy atom. The molecule has 0 aromatic heterocycles. The molecule has 4 N–H and O–H groups in total. The van der Waals surface area contributed by atoms with Crippen LogP contribution in [0.25, 0.3) is 0 Å². The number of rotatable bonds is 11. The van der Waals surface area contributed by atoms with E-state index in [1.165, 1.54) is 7.11 Å². The summed E-state index contributed by atoms with van der Waals surface area (Å²) in [6.45, 7) is 5.99. The van der Waals surface area contributed by atoms with Crippen LogP contribution in [0.1, 0.15) is 140 Å². The summed E-state index contributed by atoms with van der Waals surface area (Å²) in [4.78, 5) is 42.4. The van der Waals surface area contributed by atoms with Crippen molar-refractivity contribution in [3.05, 3.63) is 108 Å². The molecular weight excluding hydrogens is 1090 g/mol. The van der Waals surface area contributed by atoms with E-state index >= 15 is 0 Å². The van der Waals surface area contributed by atoms with Crippen LogP contribution in [-0.2, 0) is 45.4 Å². The van der Waals surface area contributed by atoms with Crippen LogP contribution in [0.2, 0.25) is 0 Å². The lowest BCUT2D eigenvalue weighted by Crippen LogP contribution is -3.00. The van der Waals surface area contributed by atoms with Gasteiger partial charge in [0.15, 0.2) is 16.8 Å². The van der Waals surface area contributed by atoms with E-state index in [2.05, 4.69) is 53.9 Å². The average Bonchev–Trinajstić information content (AvgIpc) is 4.29. The van der Waals surface area contributed by atoms with E-state index in [1.807, 2.05) is 84.7 Å². The highest BCUT2D eigenvalue weighted by molar-refractivity contribution is 9.08. The standard InChI is InChI=1S/C20H30NO3.C19H27NO3.C14H18O3.C6H13NO.CH3Br.CH4.BrH/c1-21(2)14-12-18(13-15-21)24-19(22)20(23,17-10-6-7-11-17)16-8-4-3-5-9-16;1-20-13-11-17(12-14-20)23-18(21)19(22,16-9-5-6-10-16)15-7-3-2-4-8-15;1-17-13(15)14(16,12-9-5-6-10-12)11-7-3-2-4-8-11;1-7-4-2-6(8)3-5-7;1-2;;/h3-5,8-9,17-18,23H,6-7,10-15H2,1-2H3;2-4,7-8,16-17,22H,5-6,9-14H2,1H3;2-4,7-8,12,16H,5-6,9-10H2,1H3;6,8H,2-5H2,1H3;1H3;1H4;1H/q+1;;;;;;/p-1. The Morgan fingerprint density at radius 1 is 0.500 bits per heavy atom. The molecule has 0 bridgehead atoms. The van der Waals surface area contributed by atoms with Crippen LogP contribution < -0.4 is 17.0 Å². The minimum atomic E-state index is -1.50. The van der Waals surface area contributed by atoms with Crippen molar-refractivity contribution in [2.45, 2.75) is 158 Å². The Hall–Kier alpha value is -3.25. The normalized spacial score (nSPS) is 22.1. The second-order valence-corrected chi connectivity index (χ2v) is 22.3. The summed E-state index contributed by atoms with van der Waals surface area (Å²) in [5.74, 6) is 0.260. The molecule has 15 heteroatoms. The number of benzene rings is 3. The van der Waals surface area contributed by atoms with E-state index in [9.17, 15) is 29.7 Å². The number of hydrogen-bond donors (Lipinski definition) is 4. The number of aliphatic hydroxyl groups excluding tert-OH is 1. The fraction of sp³-hybridized carbons (Fsp3) is 0.656. The van der Waals surface area contributed by atoms with Crippen LogP contribution in [-0.4, -0.2) is 151 Å². The van der Waals surface area contributed by atoms with Crippen LogP contribution >= 0.6 is 15.9 Å². The minimum Gasteiger partial charge on any atom is -1.00 e. The lowest BCUT2D eigenvalue weighted by Gasteiger charge is -2.38. The van der Waals surface area contributed by atoms with Gasteiger partial charge in [-0.25, -0.2) is 14.4 Å². The van der Waals surface area contributed by atoms with Gasteiger partial charge in [0.1, 0.15) is 12.2 Å². The number of alkyl halides is 1. The monoisotopic (exact) mass is 1190 g/mol. The minimum absolute atomic E-state index is 0. The molecule has 3 unspecified atom stereocenters. The van der Waals surface area contributed by atoms with Crippen LogP contribution in [0.5, 0.6) is 0 Å².